The number of nitrogens with zero attached hydrogens (tertiary/aromatic N) is 3. The van der Waals surface area contributed by atoms with Crippen molar-refractivity contribution in [1.82, 2.24) is 14.9 Å². The summed E-state index contributed by atoms with van der Waals surface area (Å²) in [7, 11) is 0. The smallest absolute Gasteiger partial charge is 0.339 e. The number of hydrogen-bond donors (Lipinski definition) is 1. The van der Waals surface area contributed by atoms with Crippen molar-refractivity contribution < 1.29 is 14.7 Å². The third kappa shape index (κ3) is 4.04. The first-order valence-electron chi connectivity index (χ1n) is 8.56. The van der Waals surface area contributed by atoms with Gasteiger partial charge in [0.15, 0.2) is 0 Å². The Morgan fingerprint density at radius 1 is 1.12 bits per heavy atom. The summed E-state index contributed by atoms with van der Waals surface area (Å²) in [4.78, 5) is 35.4. The number of piperidine rings is 1. The lowest BCUT2D eigenvalue weighted by Gasteiger charge is -2.32. The van der Waals surface area contributed by atoms with E-state index in [2.05, 4.69) is 9.97 Å². The van der Waals surface area contributed by atoms with Crippen LogP contribution in [0.3, 0.4) is 0 Å². The normalized spacial score (nSPS) is 15.1. The van der Waals surface area contributed by atoms with Crippen molar-refractivity contribution >= 4 is 23.0 Å². The maximum atomic E-state index is 12.5. The molecule has 1 amide bonds. The summed E-state index contributed by atoms with van der Waals surface area (Å²) in [6, 6.07) is 9.58. The van der Waals surface area contributed by atoms with E-state index in [-0.39, 0.29) is 16.7 Å². The van der Waals surface area contributed by atoms with Crippen molar-refractivity contribution in [2.75, 3.05) is 13.1 Å². The second-order valence-corrected chi connectivity index (χ2v) is 7.39. The topological polar surface area (TPSA) is 83.4 Å². The van der Waals surface area contributed by atoms with Crippen molar-refractivity contribution in [3.63, 3.8) is 0 Å². The highest BCUT2D eigenvalue weighted by Crippen LogP contribution is 2.32. The van der Waals surface area contributed by atoms with E-state index >= 15 is 0 Å². The first-order chi connectivity index (χ1) is 12.5. The number of aromatic nitrogens is 2. The van der Waals surface area contributed by atoms with Crippen LogP contribution in [0.15, 0.2) is 35.2 Å². The monoisotopic (exact) mass is 371 g/mol. The number of benzene rings is 1. The predicted octanol–water partition coefficient (Wildman–Crippen LogP) is 3.88. The molecule has 0 atom stereocenters. The summed E-state index contributed by atoms with van der Waals surface area (Å²) in [5, 5.41) is 9.56. The zero-order valence-electron chi connectivity index (χ0n) is 14.8. The maximum Gasteiger partial charge on any atom is 0.339 e. The van der Waals surface area contributed by atoms with E-state index in [1.165, 1.54) is 11.8 Å². The summed E-state index contributed by atoms with van der Waals surface area (Å²) in [6.07, 6.45) is 1.41. The highest BCUT2D eigenvalue weighted by molar-refractivity contribution is 8.13. The molecule has 1 aromatic carbocycles. The van der Waals surface area contributed by atoms with Gasteiger partial charge in [-0.15, -0.1) is 0 Å². The van der Waals surface area contributed by atoms with Crippen LogP contribution in [0.5, 0.6) is 0 Å². The minimum absolute atomic E-state index is 0.0307. The number of carboxylic acids is 1. The van der Waals surface area contributed by atoms with Gasteiger partial charge in [0.2, 0.25) is 0 Å². The van der Waals surface area contributed by atoms with Gasteiger partial charge < -0.3 is 10.0 Å². The molecular weight excluding hydrogens is 350 g/mol. The van der Waals surface area contributed by atoms with Gasteiger partial charge in [-0.1, -0.05) is 18.2 Å². The first kappa shape index (κ1) is 18.4. The second-order valence-electron chi connectivity index (χ2n) is 6.36. The predicted molar refractivity (Wildman–Crippen MR) is 99.7 cm³/mol. The zero-order chi connectivity index (χ0) is 18.7. The van der Waals surface area contributed by atoms with Crippen LogP contribution in [0, 0.1) is 13.8 Å². The standard InChI is InChI=1S/C19H21N3O3S/c1-12-16(18(23)24)17(21-13(2)20-12)14-8-10-22(11-9-14)19(25)26-15-6-4-3-5-7-15/h3-7,14H,8-11H2,1-2H3,(H,23,24). The number of carbonyl (C=O) groups excluding carboxylic acids is 1. The molecule has 0 saturated carbocycles. The SMILES string of the molecule is Cc1nc(C)c(C(=O)O)c(C2CCN(C(=O)Sc3ccccc3)CC2)n1. The third-order valence-electron chi connectivity index (χ3n) is 4.53. The van der Waals surface area contributed by atoms with Gasteiger partial charge >= 0.3 is 5.97 Å². The van der Waals surface area contributed by atoms with Crippen LogP contribution in [0.1, 0.15) is 46.3 Å². The fraction of sp³-hybridized carbons (Fsp3) is 0.368. The number of rotatable bonds is 3. The van der Waals surface area contributed by atoms with Crippen LogP contribution in [0.2, 0.25) is 0 Å². The van der Waals surface area contributed by atoms with Crippen LogP contribution in [0.4, 0.5) is 4.79 Å². The van der Waals surface area contributed by atoms with Crippen molar-refractivity contribution in [3.8, 4) is 0 Å². The summed E-state index contributed by atoms with van der Waals surface area (Å²) in [5.41, 5.74) is 1.31. The quantitative estimate of drug-likeness (QED) is 0.824. The molecule has 1 aliphatic heterocycles. The molecule has 3 rings (SSSR count). The molecular formula is C19H21N3O3S. The van der Waals surface area contributed by atoms with E-state index in [9.17, 15) is 14.7 Å². The van der Waals surface area contributed by atoms with Crippen LogP contribution < -0.4 is 0 Å². The van der Waals surface area contributed by atoms with Crippen molar-refractivity contribution in [3.05, 3.63) is 53.1 Å². The fourth-order valence-corrected chi connectivity index (χ4v) is 4.09. The molecule has 0 spiro atoms. The number of hydrogen-bond acceptors (Lipinski definition) is 5. The molecule has 136 valence electrons. The lowest BCUT2D eigenvalue weighted by atomic mass is 9.90. The van der Waals surface area contributed by atoms with Crippen LogP contribution in [-0.2, 0) is 0 Å². The van der Waals surface area contributed by atoms with Gasteiger partial charge in [0.1, 0.15) is 11.4 Å². The Labute approximate surface area is 156 Å². The van der Waals surface area contributed by atoms with E-state index in [1.54, 1.807) is 13.8 Å². The number of likely N-dealkylation sites (tertiary alicyclic amines) is 1. The van der Waals surface area contributed by atoms with E-state index in [0.29, 0.717) is 43.1 Å². The molecule has 0 aliphatic carbocycles. The number of carbonyl (C=O) groups is 2. The van der Waals surface area contributed by atoms with Crippen LogP contribution in [0.25, 0.3) is 0 Å². The number of carboxylic acid groups (broad SMARTS) is 1. The van der Waals surface area contributed by atoms with Gasteiger partial charge in [-0.05, 0) is 50.6 Å². The molecule has 26 heavy (non-hydrogen) atoms. The second kappa shape index (κ2) is 7.86. The van der Waals surface area contributed by atoms with Gasteiger partial charge in [0.05, 0.1) is 11.4 Å². The number of aromatic carboxylic acids is 1. The van der Waals surface area contributed by atoms with Crippen molar-refractivity contribution in [1.29, 1.82) is 0 Å². The van der Waals surface area contributed by atoms with Crippen LogP contribution in [-0.4, -0.2) is 44.3 Å². The summed E-state index contributed by atoms with van der Waals surface area (Å²) < 4.78 is 0. The Morgan fingerprint density at radius 3 is 2.38 bits per heavy atom. The van der Waals surface area contributed by atoms with Gasteiger partial charge in [0.25, 0.3) is 5.24 Å². The number of thioether (sulfide) groups is 1. The number of amides is 1. The molecule has 0 bridgehead atoms. The molecule has 1 aromatic heterocycles. The van der Waals surface area contributed by atoms with Gasteiger partial charge in [-0.25, -0.2) is 14.8 Å². The molecule has 1 N–H and O–H groups in total. The summed E-state index contributed by atoms with van der Waals surface area (Å²) >= 11 is 1.23. The van der Waals surface area contributed by atoms with E-state index in [1.807, 2.05) is 35.2 Å². The van der Waals surface area contributed by atoms with Crippen LogP contribution >= 0.6 is 11.8 Å². The Balaban J connectivity index is 1.69. The lowest BCUT2D eigenvalue weighted by Crippen LogP contribution is -2.36. The molecule has 1 saturated heterocycles. The van der Waals surface area contributed by atoms with Gasteiger partial charge in [-0.2, -0.15) is 0 Å². The zero-order valence-corrected chi connectivity index (χ0v) is 15.6. The number of aryl methyl sites for hydroxylation is 2. The molecule has 6 nitrogen and oxygen atoms in total. The largest absolute Gasteiger partial charge is 0.478 e. The Morgan fingerprint density at radius 2 is 1.77 bits per heavy atom. The van der Waals surface area contributed by atoms with Crippen molar-refractivity contribution in [2.45, 2.75) is 37.5 Å². The summed E-state index contributed by atoms with van der Waals surface area (Å²) in [5.74, 6) is -0.372. The molecule has 7 heteroatoms. The molecule has 1 aliphatic rings. The third-order valence-corrected chi connectivity index (χ3v) is 5.47. The Kier molecular flexibility index (Phi) is 5.56. The Hall–Kier alpha value is -2.41. The average molecular weight is 371 g/mol. The van der Waals surface area contributed by atoms with Crippen molar-refractivity contribution in [2.24, 2.45) is 0 Å². The minimum Gasteiger partial charge on any atom is -0.478 e. The van der Waals surface area contributed by atoms with E-state index in [4.69, 9.17) is 0 Å². The fourth-order valence-electron chi connectivity index (χ4n) is 3.29. The first-order valence-corrected chi connectivity index (χ1v) is 9.37. The molecule has 0 unspecified atom stereocenters. The highest BCUT2D eigenvalue weighted by Gasteiger charge is 2.29. The minimum atomic E-state index is -0.990. The van der Waals surface area contributed by atoms with E-state index < -0.39 is 5.97 Å². The lowest BCUT2D eigenvalue weighted by molar-refractivity contribution is 0.0692. The van der Waals surface area contributed by atoms with Gasteiger partial charge in [0, 0.05) is 23.9 Å². The summed E-state index contributed by atoms with van der Waals surface area (Å²) in [6.45, 7) is 4.68. The van der Waals surface area contributed by atoms with E-state index in [0.717, 1.165) is 4.90 Å². The molecule has 2 aromatic rings. The molecule has 0 radical (unpaired) electrons. The molecule has 1 fully saturated rings. The average Bonchev–Trinajstić information content (AvgIpc) is 2.61. The maximum absolute atomic E-state index is 12.5. The molecule has 2 heterocycles. The highest BCUT2D eigenvalue weighted by atomic mass is 32.2. The Bertz CT molecular complexity index is 818. The van der Waals surface area contributed by atoms with Gasteiger partial charge in [-0.3, -0.25) is 4.79 Å².